The monoisotopic (exact) mass is 395 g/mol. The van der Waals surface area contributed by atoms with Crippen molar-refractivity contribution in [1.29, 1.82) is 0 Å². The number of carbonyl (C=O) groups is 2. The molecule has 1 heterocycles. The molecule has 0 spiro atoms. The number of rotatable bonds is 8. The Bertz CT molecular complexity index is 736. The van der Waals surface area contributed by atoms with Crippen LogP contribution in [-0.2, 0) is 16.0 Å². The van der Waals surface area contributed by atoms with Gasteiger partial charge in [-0.15, -0.1) is 12.4 Å². The van der Waals surface area contributed by atoms with Crippen LogP contribution in [-0.4, -0.2) is 34.5 Å². The summed E-state index contributed by atoms with van der Waals surface area (Å²) in [6, 6.07) is 8.68. The molecule has 2 aromatic rings. The van der Waals surface area contributed by atoms with Gasteiger partial charge in [0.25, 0.3) is 0 Å². The lowest BCUT2D eigenvalue weighted by Gasteiger charge is -2.16. The topological polar surface area (TPSA) is 123 Å². The predicted molar refractivity (Wildman–Crippen MR) is 103 cm³/mol. The first-order valence-electron chi connectivity index (χ1n) is 8.56. The van der Waals surface area contributed by atoms with Gasteiger partial charge in [0.1, 0.15) is 0 Å². The average Bonchev–Trinajstić information content (AvgIpc) is 3.08. The Labute approximate surface area is 164 Å². The minimum Gasteiger partial charge on any atom is -0.346 e. The second-order valence-corrected chi connectivity index (χ2v) is 6.49. The summed E-state index contributed by atoms with van der Waals surface area (Å²) in [5.74, 6) is 0.154. The Morgan fingerprint density at radius 3 is 2.48 bits per heavy atom. The van der Waals surface area contributed by atoms with Crippen LogP contribution in [0.25, 0.3) is 0 Å². The fourth-order valence-corrected chi connectivity index (χ4v) is 2.23. The van der Waals surface area contributed by atoms with Crippen molar-refractivity contribution in [2.24, 2.45) is 11.7 Å². The van der Waals surface area contributed by atoms with Gasteiger partial charge in [-0.25, -0.2) is 0 Å². The molecule has 0 aliphatic rings. The van der Waals surface area contributed by atoms with Crippen LogP contribution in [0, 0.1) is 5.92 Å². The first-order valence-corrected chi connectivity index (χ1v) is 8.56. The molecule has 1 aromatic carbocycles. The van der Waals surface area contributed by atoms with Gasteiger partial charge in [0.2, 0.25) is 17.7 Å². The molecular formula is C18H26ClN5O3. The molecule has 0 bridgehead atoms. The van der Waals surface area contributed by atoms with Crippen LogP contribution in [0.2, 0.25) is 0 Å². The van der Waals surface area contributed by atoms with E-state index in [-0.39, 0.29) is 36.7 Å². The van der Waals surface area contributed by atoms with E-state index in [4.69, 9.17) is 10.3 Å². The summed E-state index contributed by atoms with van der Waals surface area (Å²) < 4.78 is 5.23. The summed E-state index contributed by atoms with van der Waals surface area (Å²) >= 11 is 0. The van der Waals surface area contributed by atoms with Gasteiger partial charge in [0.05, 0.1) is 25.0 Å². The van der Waals surface area contributed by atoms with Crippen molar-refractivity contribution >= 4 is 24.2 Å². The highest BCUT2D eigenvalue weighted by molar-refractivity contribution is 5.87. The minimum absolute atomic E-state index is 0. The van der Waals surface area contributed by atoms with E-state index in [0.29, 0.717) is 18.1 Å². The summed E-state index contributed by atoms with van der Waals surface area (Å²) in [6.07, 6.45) is 0.525. The van der Waals surface area contributed by atoms with Crippen molar-refractivity contribution in [3.63, 3.8) is 0 Å². The highest BCUT2D eigenvalue weighted by Gasteiger charge is 2.19. The van der Waals surface area contributed by atoms with E-state index in [1.807, 2.05) is 44.2 Å². The van der Waals surface area contributed by atoms with Crippen molar-refractivity contribution in [3.05, 3.63) is 47.6 Å². The van der Waals surface area contributed by atoms with Gasteiger partial charge in [-0.1, -0.05) is 49.3 Å². The lowest BCUT2D eigenvalue weighted by atomic mass is 10.1. The lowest BCUT2D eigenvalue weighted by Crippen LogP contribution is -2.47. The number of hydrogen-bond donors (Lipinski definition) is 3. The normalized spacial score (nSPS) is 12.8. The molecule has 2 rings (SSSR count). The van der Waals surface area contributed by atoms with E-state index >= 15 is 0 Å². The van der Waals surface area contributed by atoms with E-state index in [0.717, 1.165) is 5.56 Å². The average molecular weight is 396 g/mol. The van der Waals surface area contributed by atoms with Crippen molar-refractivity contribution in [1.82, 2.24) is 20.8 Å². The maximum atomic E-state index is 12.0. The lowest BCUT2D eigenvalue weighted by molar-refractivity contribution is -0.127. The molecular weight excluding hydrogens is 370 g/mol. The molecule has 2 atom stereocenters. The molecule has 0 radical (unpaired) electrons. The summed E-state index contributed by atoms with van der Waals surface area (Å²) in [5.41, 5.74) is 6.79. The molecule has 0 saturated heterocycles. The standard InChI is InChI=1S/C18H25N5O3.ClH/c1-11(2)16(19)18(25)20-10-14(24)21-12(3)17-22-15(26-23-17)9-13-7-5-4-6-8-13;/h4-8,11-12,16H,9-10,19H2,1-3H3,(H,20,25)(H,21,24);1H/t12?,16-;/m0./s1. The first-order chi connectivity index (χ1) is 12.4. The minimum atomic E-state index is -0.641. The van der Waals surface area contributed by atoms with E-state index in [2.05, 4.69) is 20.8 Å². The van der Waals surface area contributed by atoms with Crippen LogP contribution in [0.15, 0.2) is 34.9 Å². The zero-order chi connectivity index (χ0) is 19.1. The van der Waals surface area contributed by atoms with Gasteiger partial charge in [0.15, 0.2) is 5.82 Å². The van der Waals surface area contributed by atoms with E-state index in [9.17, 15) is 9.59 Å². The maximum absolute atomic E-state index is 12.0. The smallest absolute Gasteiger partial charge is 0.239 e. The SMILES string of the molecule is CC(NC(=O)CNC(=O)[C@@H](N)C(C)C)c1noc(Cc2ccccc2)n1.Cl. The van der Waals surface area contributed by atoms with Crippen molar-refractivity contribution in [2.75, 3.05) is 6.54 Å². The molecule has 0 fully saturated rings. The van der Waals surface area contributed by atoms with Gasteiger partial charge >= 0.3 is 0 Å². The zero-order valence-corrected chi connectivity index (χ0v) is 16.5. The summed E-state index contributed by atoms with van der Waals surface area (Å²) in [7, 11) is 0. The van der Waals surface area contributed by atoms with Crippen LogP contribution >= 0.6 is 12.4 Å². The molecule has 0 aliphatic heterocycles. The summed E-state index contributed by atoms with van der Waals surface area (Å²) in [4.78, 5) is 28.0. The van der Waals surface area contributed by atoms with E-state index in [1.54, 1.807) is 6.92 Å². The predicted octanol–water partition coefficient (Wildman–Crippen LogP) is 1.36. The number of halogens is 1. The number of amides is 2. The van der Waals surface area contributed by atoms with Crippen molar-refractivity contribution in [2.45, 2.75) is 39.3 Å². The van der Waals surface area contributed by atoms with Gasteiger partial charge in [-0.3, -0.25) is 9.59 Å². The first kappa shape index (κ1) is 22.6. The quantitative estimate of drug-likeness (QED) is 0.620. The van der Waals surface area contributed by atoms with E-state index in [1.165, 1.54) is 0 Å². The third-order valence-corrected chi connectivity index (χ3v) is 3.89. The molecule has 9 heteroatoms. The number of nitrogens with zero attached hydrogens (tertiary/aromatic N) is 2. The summed E-state index contributed by atoms with van der Waals surface area (Å²) in [6.45, 7) is 5.28. The molecule has 1 aromatic heterocycles. The van der Waals surface area contributed by atoms with Crippen molar-refractivity contribution < 1.29 is 14.1 Å². The molecule has 27 heavy (non-hydrogen) atoms. The van der Waals surface area contributed by atoms with Gasteiger partial charge in [0, 0.05) is 0 Å². The summed E-state index contributed by atoms with van der Waals surface area (Å²) in [5, 5.41) is 9.14. The number of nitrogens with two attached hydrogens (primary N) is 1. The molecule has 8 nitrogen and oxygen atoms in total. The fourth-order valence-electron chi connectivity index (χ4n) is 2.23. The molecule has 0 aliphatic carbocycles. The Kier molecular flexibility index (Phi) is 8.90. The Balaban J connectivity index is 0.00000364. The second kappa shape index (κ2) is 10.6. The molecule has 2 amide bonds. The van der Waals surface area contributed by atoms with Crippen molar-refractivity contribution in [3.8, 4) is 0 Å². The van der Waals surface area contributed by atoms with E-state index < -0.39 is 12.1 Å². The number of benzene rings is 1. The molecule has 0 saturated carbocycles. The number of nitrogens with one attached hydrogen (secondary N) is 2. The maximum Gasteiger partial charge on any atom is 0.239 e. The number of hydrogen-bond acceptors (Lipinski definition) is 6. The molecule has 148 valence electrons. The van der Waals surface area contributed by atoms with Crippen LogP contribution in [0.3, 0.4) is 0 Å². The Morgan fingerprint density at radius 1 is 1.19 bits per heavy atom. The molecule has 1 unspecified atom stereocenters. The molecule has 4 N–H and O–H groups in total. The number of carbonyl (C=O) groups excluding carboxylic acids is 2. The van der Waals surface area contributed by atoms with Crippen LogP contribution in [0.5, 0.6) is 0 Å². The van der Waals surface area contributed by atoms with Crippen LogP contribution in [0.1, 0.15) is 44.1 Å². The van der Waals surface area contributed by atoms with Gasteiger partial charge < -0.3 is 20.9 Å². The third kappa shape index (κ3) is 6.99. The fraction of sp³-hybridized carbons (Fsp3) is 0.444. The highest BCUT2D eigenvalue weighted by Crippen LogP contribution is 2.11. The number of aromatic nitrogens is 2. The second-order valence-electron chi connectivity index (χ2n) is 6.49. The zero-order valence-electron chi connectivity index (χ0n) is 15.6. The largest absolute Gasteiger partial charge is 0.346 e. The Morgan fingerprint density at radius 2 is 1.85 bits per heavy atom. The van der Waals surface area contributed by atoms with Gasteiger partial charge in [-0.2, -0.15) is 4.98 Å². The Hall–Kier alpha value is -2.45. The third-order valence-electron chi connectivity index (χ3n) is 3.89. The highest BCUT2D eigenvalue weighted by atomic mass is 35.5. The van der Waals surface area contributed by atoms with Crippen LogP contribution < -0.4 is 16.4 Å². The van der Waals surface area contributed by atoms with Gasteiger partial charge in [-0.05, 0) is 18.4 Å². The van der Waals surface area contributed by atoms with Crippen LogP contribution in [0.4, 0.5) is 0 Å².